The summed E-state index contributed by atoms with van der Waals surface area (Å²) in [5.74, 6) is 0. The summed E-state index contributed by atoms with van der Waals surface area (Å²) in [5, 5.41) is 0. The topological polar surface area (TPSA) is 66.5 Å². The molecule has 1 aromatic rings. The average molecular weight is 254 g/mol. The van der Waals surface area contributed by atoms with Crippen molar-refractivity contribution >= 4 is 21.7 Å². The molecule has 0 saturated carbocycles. The Bertz CT molecular complexity index is 539. The van der Waals surface area contributed by atoms with Crippen molar-refractivity contribution in [2.45, 2.75) is 24.7 Å². The molecule has 0 saturated heterocycles. The fraction of sp³-hybridized carbons (Fsp3) is 0.364. The predicted molar refractivity (Wildman–Crippen MR) is 64.4 cm³/mol. The summed E-state index contributed by atoms with van der Waals surface area (Å²) < 4.78 is 25.5. The van der Waals surface area contributed by atoms with Crippen LogP contribution in [0.4, 0.5) is 10.5 Å². The highest BCUT2D eigenvalue weighted by Crippen LogP contribution is 2.28. The SMILES string of the molecule is CCCCN1C(=O)NS(=O)(=O)c2ccccc21. The van der Waals surface area contributed by atoms with Crippen molar-refractivity contribution in [3.05, 3.63) is 24.3 Å². The van der Waals surface area contributed by atoms with Crippen LogP contribution >= 0.6 is 0 Å². The van der Waals surface area contributed by atoms with Crippen molar-refractivity contribution in [3.8, 4) is 0 Å². The Hall–Kier alpha value is -1.56. The number of sulfonamides is 1. The van der Waals surface area contributed by atoms with Gasteiger partial charge in [-0.15, -0.1) is 0 Å². The average Bonchev–Trinajstić information content (AvgIpc) is 2.28. The van der Waals surface area contributed by atoms with E-state index in [4.69, 9.17) is 0 Å². The van der Waals surface area contributed by atoms with Gasteiger partial charge in [0.05, 0.1) is 5.69 Å². The number of hydrogen-bond acceptors (Lipinski definition) is 3. The second-order valence-electron chi connectivity index (χ2n) is 3.88. The maximum absolute atomic E-state index is 11.7. The molecule has 1 aliphatic heterocycles. The molecule has 0 aliphatic carbocycles. The Morgan fingerprint density at radius 2 is 2.00 bits per heavy atom. The highest BCUT2D eigenvalue weighted by Gasteiger charge is 2.32. The van der Waals surface area contributed by atoms with Gasteiger partial charge < -0.3 is 0 Å². The second-order valence-corrected chi connectivity index (χ2v) is 5.53. The lowest BCUT2D eigenvalue weighted by atomic mass is 10.2. The summed E-state index contributed by atoms with van der Waals surface area (Å²) >= 11 is 0. The van der Waals surface area contributed by atoms with Gasteiger partial charge in [0, 0.05) is 6.54 Å². The molecule has 0 atom stereocenters. The van der Waals surface area contributed by atoms with Crippen molar-refractivity contribution in [2.75, 3.05) is 11.4 Å². The number of carbonyl (C=O) groups excluding carboxylic acids is 1. The minimum Gasteiger partial charge on any atom is -0.292 e. The van der Waals surface area contributed by atoms with Gasteiger partial charge in [-0.05, 0) is 18.6 Å². The molecule has 1 aromatic carbocycles. The van der Waals surface area contributed by atoms with Gasteiger partial charge in [0.25, 0.3) is 10.0 Å². The molecule has 17 heavy (non-hydrogen) atoms. The van der Waals surface area contributed by atoms with Crippen LogP contribution in [0.2, 0.25) is 0 Å². The van der Waals surface area contributed by atoms with Gasteiger partial charge in [-0.3, -0.25) is 4.90 Å². The molecule has 92 valence electrons. The molecule has 1 aliphatic rings. The van der Waals surface area contributed by atoms with Crippen molar-refractivity contribution < 1.29 is 13.2 Å². The summed E-state index contributed by atoms with van der Waals surface area (Å²) in [6, 6.07) is 5.96. The molecule has 0 bridgehead atoms. The van der Waals surface area contributed by atoms with Crippen LogP contribution in [0.15, 0.2) is 29.2 Å². The minimum absolute atomic E-state index is 0.163. The van der Waals surface area contributed by atoms with Gasteiger partial charge in [-0.25, -0.2) is 17.9 Å². The van der Waals surface area contributed by atoms with Crippen LogP contribution in [0.3, 0.4) is 0 Å². The summed E-state index contributed by atoms with van der Waals surface area (Å²) in [6.45, 7) is 2.54. The zero-order valence-electron chi connectivity index (χ0n) is 9.51. The third kappa shape index (κ3) is 2.12. The molecule has 2 rings (SSSR count). The van der Waals surface area contributed by atoms with Gasteiger partial charge >= 0.3 is 6.03 Å². The van der Waals surface area contributed by atoms with E-state index in [2.05, 4.69) is 0 Å². The Labute approximate surface area is 100 Å². The zero-order chi connectivity index (χ0) is 12.5. The lowest BCUT2D eigenvalue weighted by molar-refractivity contribution is 0.250. The normalized spacial score (nSPS) is 17.5. The highest BCUT2D eigenvalue weighted by molar-refractivity contribution is 7.90. The minimum atomic E-state index is -3.69. The van der Waals surface area contributed by atoms with Crippen molar-refractivity contribution in [2.24, 2.45) is 0 Å². The number of fused-ring (bicyclic) bond motifs is 1. The largest absolute Gasteiger partial charge is 0.335 e. The smallest absolute Gasteiger partial charge is 0.292 e. The van der Waals surface area contributed by atoms with Gasteiger partial charge in [0.1, 0.15) is 4.90 Å². The molecule has 1 N–H and O–H groups in total. The maximum atomic E-state index is 11.7. The molecular weight excluding hydrogens is 240 g/mol. The Morgan fingerprint density at radius 1 is 1.29 bits per heavy atom. The number of nitrogens with one attached hydrogen (secondary N) is 1. The van der Waals surface area contributed by atoms with Gasteiger partial charge in [0.2, 0.25) is 0 Å². The van der Waals surface area contributed by atoms with Gasteiger partial charge in [-0.2, -0.15) is 0 Å². The number of amides is 2. The first-order chi connectivity index (χ1) is 8.06. The Balaban J connectivity index is 2.47. The molecule has 0 spiro atoms. The fourth-order valence-corrected chi connectivity index (χ4v) is 2.94. The van der Waals surface area contributed by atoms with Crippen LogP contribution in [-0.4, -0.2) is 21.0 Å². The monoisotopic (exact) mass is 254 g/mol. The van der Waals surface area contributed by atoms with Crippen LogP contribution in [0.1, 0.15) is 19.8 Å². The first-order valence-electron chi connectivity index (χ1n) is 5.49. The summed E-state index contributed by atoms with van der Waals surface area (Å²) in [5.41, 5.74) is 0.463. The first-order valence-corrected chi connectivity index (χ1v) is 6.98. The first kappa shape index (κ1) is 11.9. The number of urea groups is 1. The lowest BCUT2D eigenvalue weighted by Gasteiger charge is -2.29. The van der Waals surface area contributed by atoms with E-state index in [9.17, 15) is 13.2 Å². The number of rotatable bonds is 3. The summed E-state index contributed by atoms with van der Waals surface area (Å²) in [7, 11) is -3.69. The van der Waals surface area contributed by atoms with Crippen molar-refractivity contribution in [1.29, 1.82) is 0 Å². The van der Waals surface area contributed by atoms with E-state index in [0.29, 0.717) is 12.2 Å². The number of unbranched alkanes of at least 4 members (excludes halogenated alkanes) is 1. The van der Waals surface area contributed by atoms with Crippen LogP contribution < -0.4 is 9.62 Å². The highest BCUT2D eigenvalue weighted by atomic mass is 32.2. The van der Waals surface area contributed by atoms with Crippen LogP contribution in [0, 0.1) is 0 Å². The number of para-hydroxylation sites is 1. The quantitative estimate of drug-likeness (QED) is 0.892. The molecule has 1 heterocycles. The van der Waals surface area contributed by atoms with Gasteiger partial charge in [-0.1, -0.05) is 25.5 Å². The van der Waals surface area contributed by atoms with Crippen LogP contribution in [0.5, 0.6) is 0 Å². The van der Waals surface area contributed by atoms with E-state index in [1.807, 2.05) is 11.6 Å². The molecular formula is C11H14N2O3S. The molecule has 0 unspecified atom stereocenters. The van der Waals surface area contributed by atoms with E-state index in [1.54, 1.807) is 18.2 Å². The number of carbonyl (C=O) groups is 1. The number of nitrogens with zero attached hydrogens (tertiary/aromatic N) is 1. The maximum Gasteiger partial charge on any atom is 0.335 e. The van der Waals surface area contributed by atoms with E-state index in [-0.39, 0.29) is 4.90 Å². The molecule has 2 amide bonds. The summed E-state index contributed by atoms with van der Waals surface area (Å²) in [6.07, 6.45) is 1.78. The molecule has 6 heteroatoms. The fourth-order valence-electron chi connectivity index (χ4n) is 1.78. The van der Waals surface area contributed by atoms with E-state index >= 15 is 0 Å². The molecule has 0 aromatic heterocycles. The van der Waals surface area contributed by atoms with Crippen LogP contribution in [0.25, 0.3) is 0 Å². The van der Waals surface area contributed by atoms with E-state index in [1.165, 1.54) is 11.0 Å². The van der Waals surface area contributed by atoms with E-state index < -0.39 is 16.1 Å². The predicted octanol–water partition coefficient (Wildman–Crippen LogP) is 1.71. The number of benzene rings is 1. The van der Waals surface area contributed by atoms with E-state index in [0.717, 1.165) is 12.8 Å². The van der Waals surface area contributed by atoms with Gasteiger partial charge in [0.15, 0.2) is 0 Å². The molecule has 0 fully saturated rings. The van der Waals surface area contributed by atoms with Crippen molar-refractivity contribution in [3.63, 3.8) is 0 Å². The molecule has 5 nitrogen and oxygen atoms in total. The third-order valence-corrected chi connectivity index (χ3v) is 4.02. The lowest BCUT2D eigenvalue weighted by Crippen LogP contribution is -2.48. The zero-order valence-corrected chi connectivity index (χ0v) is 10.3. The van der Waals surface area contributed by atoms with Crippen LogP contribution in [-0.2, 0) is 10.0 Å². The number of hydrogen-bond donors (Lipinski definition) is 1. The Morgan fingerprint density at radius 3 is 2.71 bits per heavy atom. The standard InChI is InChI=1S/C11H14N2O3S/c1-2-3-8-13-9-6-4-5-7-10(9)17(15,16)12-11(13)14/h4-7H,2-3,8H2,1H3,(H,12,14). The van der Waals surface area contributed by atoms with Crippen molar-refractivity contribution in [1.82, 2.24) is 4.72 Å². The second kappa shape index (κ2) is 4.37. The number of anilines is 1. The third-order valence-electron chi connectivity index (χ3n) is 2.65. The summed E-state index contributed by atoms with van der Waals surface area (Å²) in [4.78, 5) is 13.3. The molecule has 0 radical (unpaired) electrons. The Kier molecular flexibility index (Phi) is 3.06.